The lowest BCUT2D eigenvalue weighted by Crippen LogP contribution is -2.33. The highest BCUT2D eigenvalue weighted by molar-refractivity contribution is 5.76. The zero-order valence-corrected chi connectivity index (χ0v) is 10.6. The number of likely N-dealkylation sites (tertiary alicyclic amines) is 1. The third-order valence-electron chi connectivity index (χ3n) is 3.26. The van der Waals surface area contributed by atoms with Crippen molar-refractivity contribution in [3.63, 3.8) is 0 Å². The van der Waals surface area contributed by atoms with Crippen molar-refractivity contribution >= 4 is 5.91 Å². The van der Waals surface area contributed by atoms with Gasteiger partial charge in [0.05, 0.1) is 0 Å². The van der Waals surface area contributed by atoms with Gasteiger partial charge in [-0.2, -0.15) is 0 Å². The predicted octanol–water partition coefficient (Wildman–Crippen LogP) is 2.30. The summed E-state index contributed by atoms with van der Waals surface area (Å²) in [4.78, 5) is 13.9. The molecule has 1 unspecified atom stereocenters. The Morgan fingerprint density at radius 1 is 1.25 bits per heavy atom. The van der Waals surface area contributed by atoms with Gasteiger partial charge in [0, 0.05) is 25.6 Å². The molecule has 1 amide bonds. The van der Waals surface area contributed by atoms with Gasteiger partial charge in [0.2, 0.25) is 5.91 Å². The fourth-order valence-electron chi connectivity index (χ4n) is 2.22. The summed E-state index contributed by atoms with van der Waals surface area (Å²) < 4.78 is 0. The second-order valence-corrected chi connectivity index (χ2v) is 5.02. The van der Waals surface area contributed by atoms with Gasteiger partial charge in [0.25, 0.3) is 0 Å². The van der Waals surface area contributed by atoms with Crippen molar-refractivity contribution in [2.75, 3.05) is 13.1 Å². The number of carbonyl (C=O) groups excluding carboxylic acids is 1. The summed E-state index contributed by atoms with van der Waals surface area (Å²) in [5, 5.41) is 0. The fourth-order valence-corrected chi connectivity index (χ4v) is 2.22. The van der Waals surface area contributed by atoms with Crippen LogP contribution in [0.15, 0.2) is 0 Å². The van der Waals surface area contributed by atoms with E-state index in [0.717, 1.165) is 45.2 Å². The van der Waals surface area contributed by atoms with Crippen molar-refractivity contribution in [1.29, 1.82) is 0 Å². The third kappa shape index (κ3) is 5.50. The standard InChI is InChI=1S/C13H26N2O/c1-12(14)8-5-7-11-15-10-6-3-2-4-9-13(15)16/h12H,2-11,14H2,1H3. The van der Waals surface area contributed by atoms with Crippen molar-refractivity contribution in [1.82, 2.24) is 4.90 Å². The van der Waals surface area contributed by atoms with Crippen LogP contribution in [0.1, 0.15) is 58.3 Å². The summed E-state index contributed by atoms with van der Waals surface area (Å²) >= 11 is 0. The Morgan fingerprint density at radius 3 is 2.75 bits per heavy atom. The maximum atomic E-state index is 11.8. The molecule has 1 aliphatic rings. The van der Waals surface area contributed by atoms with Crippen LogP contribution in [0.3, 0.4) is 0 Å². The molecule has 0 aromatic carbocycles. The van der Waals surface area contributed by atoms with Crippen LogP contribution in [0.4, 0.5) is 0 Å². The number of rotatable bonds is 5. The molecular formula is C13H26N2O. The van der Waals surface area contributed by atoms with E-state index in [2.05, 4.69) is 4.90 Å². The van der Waals surface area contributed by atoms with Gasteiger partial charge in [-0.25, -0.2) is 0 Å². The van der Waals surface area contributed by atoms with Gasteiger partial charge >= 0.3 is 0 Å². The summed E-state index contributed by atoms with van der Waals surface area (Å²) in [6, 6.07) is 0.294. The summed E-state index contributed by atoms with van der Waals surface area (Å²) in [7, 11) is 0. The topological polar surface area (TPSA) is 46.3 Å². The summed E-state index contributed by atoms with van der Waals surface area (Å²) in [6.07, 6.45) is 8.84. The Labute approximate surface area is 99.4 Å². The number of nitrogens with zero attached hydrogens (tertiary/aromatic N) is 1. The van der Waals surface area contributed by atoms with Crippen molar-refractivity contribution < 1.29 is 4.79 Å². The predicted molar refractivity (Wildman–Crippen MR) is 67.2 cm³/mol. The van der Waals surface area contributed by atoms with Gasteiger partial charge in [-0.3, -0.25) is 4.79 Å². The molecule has 0 radical (unpaired) electrons. The van der Waals surface area contributed by atoms with E-state index in [9.17, 15) is 4.79 Å². The molecule has 1 heterocycles. The van der Waals surface area contributed by atoms with Crippen LogP contribution in [-0.2, 0) is 4.79 Å². The van der Waals surface area contributed by atoms with Gasteiger partial charge < -0.3 is 10.6 Å². The van der Waals surface area contributed by atoms with Crippen LogP contribution in [0, 0.1) is 0 Å². The molecule has 2 N–H and O–H groups in total. The van der Waals surface area contributed by atoms with Crippen molar-refractivity contribution in [3.8, 4) is 0 Å². The molecule has 3 nitrogen and oxygen atoms in total. The van der Waals surface area contributed by atoms with Gasteiger partial charge in [-0.15, -0.1) is 0 Å². The van der Waals surface area contributed by atoms with Crippen molar-refractivity contribution in [2.24, 2.45) is 5.73 Å². The molecule has 0 aromatic heterocycles. The molecule has 0 spiro atoms. The third-order valence-corrected chi connectivity index (χ3v) is 3.26. The summed E-state index contributed by atoms with van der Waals surface area (Å²) in [5.41, 5.74) is 5.70. The molecular weight excluding hydrogens is 200 g/mol. The number of hydrogen-bond donors (Lipinski definition) is 1. The molecule has 1 fully saturated rings. The van der Waals surface area contributed by atoms with Crippen LogP contribution in [-0.4, -0.2) is 29.9 Å². The number of carbonyl (C=O) groups is 1. The maximum Gasteiger partial charge on any atom is 0.222 e. The maximum absolute atomic E-state index is 11.8. The van der Waals surface area contributed by atoms with E-state index in [4.69, 9.17) is 5.73 Å². The molecule has 3 heteroatoms. The first-order chi connectivity index (χ1) is 7.70. The van der Waals surface area contributed by atoms with Crippen molar-refractivity contribution in [3.05, 3.63) is 0 Å². The minimum absolute atomic E-state index is 0.294. The summed E-state index contributed by atoms with van der Waals surface area (Å²) in [6.45, 7) is 3.95. The molecule has 1 atom stereocenters. The van der Waals surface area contributed by atoms with Crippen molar-refractivity contribution in [2.45, 2.75) is 64.3 Å². The fraction of sp³-hybridized carbons (Fsp3) is 0.923. The van der Waals surface area contributed by atoms with Gasteiger partial charge in [-0.05, 0) is 32.6 Å². The van der Waals surface area contributed by atoms with E-state index in [1.54, 1.807) is 0 Å². The molecule has 0 saturated carbocycles. The first-order valence-corrected chi connectivity index (χ1v) is 6.73. The Kier molecular flexibility index (Phi) is 6.46. The lowest BCUT2D eigenvalue weighted by Gasteiger charge is -2.24. The quantitative estimate of drug-likeness (QED) is 0.731. The molecule has 16 heavy (non-hydrogen) atoms. The Balaban J connectivity index is 2.19. The number of hydrogen-bond acceptors (Lipinski definition) is 2. The largest absolute Gasteiger partial charge is 0.343 e. The zero-order chi connectivity index (χ0) is 11.8. The first-order valence-electron chi connectivity index (χ1n) is 6.73. The zero-order valence-electron chi connectivity index (χ0n) is 10.6. The number of unbranched alkanes of at least 4 members (excludes halogenated alkanes) is 1. The van der Waals surface area contributed by atoms with Crippen LogP contribution < -0.4 is 5.73 Å². The average Bonchev–Trinajstić information content (AvgIpc) is 2.21. The molecule has 1 saturated heterocycles. The molecule has 1 aliphatic heterocycles. The van der Waals surface area contributed by atoms with Crippen LogP contribution in [0.25, 0.3) is 0 Å². The van der Waals surface area contributed by atoms with Gasteiger partial charge in [0.15, 0.2) is 0 Å². The minimum Gasteiger partial charge on any atom is -0.343 e. The monoisotopic (exact) mass is 226 g/mol. The SMILES string of the molecule is CC(N)CCCCN1CCCCCCC1=O. The second kappa shape index (κ2) is 7.66. The molecule has 0 aliphatic carbocycles. The Hall–Kier alpha value is -0.570. The van der Waals surface area contributed by atoms with E-state index in [0.29, 0.717) is 11.9 Å². The smallest absolute Gasteiger partial charge is 0.222 e. The van der Waals surface area contributed by atoms with Crippen LogP contribution in [0.5, 0.6) is 0 Å². The van der Waals surface area contributed by atoms with Crippen LogP contribution >= 0.6 is 0 Å². The summed E-state index contributed by atoms with van der Waals surface area (Å²) in [5.74, 6) is 0.362. The minimum atomic E-state index is 0.294. The van der Waals surface area contributed by atoms with E-state index >= 15 is 0 Å². The molecule has 1 rings (SSSR count). The highest BCUT2D eigenvalue weighted by atomic mass is 16.2. The number of nitrogens with two attached hydrogens (primary N) is 1. The highest BCUT2D eigenvalue weighted by Gasteiger charge is 2.14. The van der Waals surface area contributed by atoms with E-state index < -0.39 is 0 Å². The average molecular weight is 226 g/mol. The lowest BCUT2D eigenvalue weighted by atomic mass is 10.1. The normalized spacial score (nSPS) is 20.4. The van der Waals surface area contributed by atoms with Gasteiger partial charge in [-0.1, -0.05) is 19.3 Å². The Bertz CT molecular complexity index is 204. The molecule has 94 valence electrons. The first kappa shape index (κ1) is 13.5. The van der Waals surface area contributed by atoms with E-state index in [1.807, 2.05) is 6.92 Å². The lowest BCUT2D eigenvalue weighted by molar-refractivity contribution is -0.131. The Morgan fingerprint density at radius 2 is 2.00 bits per heavy atom. The van der Waals surface area contributed by atoms with Gasteiger partial charge in [0.1, 0.15) is 0 Å². The molecule has 0 bridgehead atoms. The molecule has 0 aromatic rings. The van der Waals surface area contributed by atoms with E-state index in [-0.39, 0.29) is 0 Å². The number of amides is 1. The van der Waals surface area contributed by atoms with E-state index in [1.165, 1.54) is 19.3 Å². The van der Waals surface area contributed by atoms with Crippen LogP contribution in [0.2, 0.25) is 0 Å². The second-order valence-electron chi connectivity index (χ2n) is 5.02. The highest BCUT2D eigenvalue weighted by Crippen LogP contribution is 2.12.